The van der Waals surface area contributed by atoms with Crippen molar-refractivity contribution < 1.29 is 38.4 Å². The van der Waals surface area contributed by atoms with E-state index in [-0.39, 0.29) is 95.2 Å². The molecule has 1 fully saturated rings. The second kappa shape index (κ2) is 30.1. The van der Waals surface area contributed by atoms with Crippen molar-refractivity contribution in [2.45, 2.75) is 166 Å². The van der Waals surface area contributed by atoms with Gasteiger partial charge >= 0.3 is 0 Å². The van der Waals surface area contributed by atoms with Crippen molar-refractivity contribution in [1.82, 2.24) is 42.2 Å². The van der Waals surface area contributed by atoms with Crippen LogP contribution in [0.4, 0.5) is 0 Å². The van der Waals surface area contributed by atoms with Crippen molar-refractivity contribution in [1.29, 1.82) is 0 Å². The molecular weight excluding hydrogens is 1040 g/mol. The Labute approximate surface area is 481 Å². The number of hydrogen-bond donors (Lipinski definition) is 11. The Morgan fingerprint density at radius 3 is 2.11 bits per heavy atom. The Hall–Kier alpha value is -8.03. The molecule has 6 rings (SSSR count). The summed E-state index contributed by atoms with van der Waals surface area (Å²) >= 11 is 0. The first-order valence-corrected chi connectivity index (χ1v) is 29.0. The number of H-pyrrole nitrogens is 1. The zero-order chi connectivity index (χ0) is 59.3. The molecule has 1 saturated heterocycles. The molecule has 0 radical (unpaired) electrons. The number of carbonyl (C=O) groups excluding carboxylic acids is 8. The smallest absolute Gasteiger partial charge is 0.246 e. The van der Waals surface area contributed by atoms with E-state index in [1.807, 2.05) is 91.9 Å². The van der Waals surface area contributed by atoms with E-state index in [4.69, 9.17) is 17.2 Å². The quantitative estimate of drug-likeness (QED) is 0.0340. The molecule has 0 spiro atoms. The van der Waals surface area contributed by atoms with Crippen LogP contribution in [-0.4, -0.2) is 108 Å². The highest BCUT2D eigenvalue weighted by molar-refractivity contribution is 5.98. The second-order valence-corrected chi connectivity index (χ2v) is 22.7. The van der Waals surface area contributed by atoms with E-state index in [0.717, 1.165) is 34.9 Å². The van der Waals surface area contributed by atoms with Gasteiger partial charge in [0.2, 0.25) is 47.3 Å². The maximum absolute atomic E-state index is 15.3. The predicted octanol–water partition coefficient (Wildman–Crippen LogP) is 4.60. The lowest BCUT2D eigenvalue weighted by Crippen LogP contribution is -2.64. The summed E-state index contributed by atoms with van der Waals surface area (Å²) in [5, 5.41) is 21.3. The number of para-hydroxylation sites is 1. The maximum Gasteiger partial charge on any atom is 0.246 e. The number of amides is 8. The van der Waals surface area contributed by atoms with E-state index < -0.39 is 81.9 Å². The first-order chi connectivity index (χ1) is 39.3. The SMILES string of the molecule is CCCCC(=O)N[C@H]1CC(=O)NCCCCC(C(N)=O)NC(=O)[C@H](Cc2c[nH]c3ccccc23)NC(=O)[C@@](C)(CCCN=C(N)N)NC(=O)[C@@H](CC2(C)CC=CCC2C)NC(=O)CCC(c2ccccc2)(c2ccccc2)CCNC1=O. The van der Waals surface area contributed by atoms with Crippen molar-refractivity contribution in [3.05, 3.63) is 120 Å². The van der Waals surface area contributed by atoms with Crippen LogP contribution in [0.2, 0.25) is 0 Å². The predicted molar refractivity (Wildman–Crippen MR) is 317 cm³/mol. The Morgan fingerprint density at radius 1 is 0.744 bits per heavy atom. The minimum absolute atomic E-state index is 0.000510. The number of aliphatic imine (C=N–C) groups is 1. The number of aromatic amines is 1. The van der Waals surface area contributed by atoms with Gasteiger partial charge in [-0.1, -0.05) is 118 Å². The molecule has 0 bridgehead atoms. The van der Waals surface area contributed by atoms with Crippen molar-refractivity contribution in [2.24, 2.45) is 33.5 Å². The normalized spacial score (nSPS) is 25.0. The van der Waals surface area contributed by atoms with E-state index in [9.17, 15) is 28.8 Å². The highest BCUT2D eigenvalue weighted by atomic mass is 16.2. The topological polar surface area (TPSA) is 327 Å². The largest absolute Gasteiger partial charge is 0.370 e. The summed E-state index contributed by atoms with van der Waals surface area (Å²) in [6.45, 7) is 8.04. The molecule has 82 heavy (non-hydrogen) atoms. The summed E-state index contributed by atoms with van der Waals surface area (Å²) < 4.78 is 0. The van der Waals surface area contributed by atoms with Crippen molar-refractivity contribution in [3.8, 4) is 0 Å². The molecule has 8 amide bonds. The summed E-state index contributed by atoms with van der Waals surface area (Å²) in [4.78, 5) is 121. The number of benzene rings is 3. The number of guanidine groups is 1. The van der Waals surface area contributed by atoms with Crippen LogP contribution in [0.5, 0.6) is 0 Å². The molecule has 1 aliphatic heterocycles. The van der Waals surface area contributed by atoms with Crippen LogP contribution in [0.25, 0.3) is 10.9 Å². The van der Waals surface area contributed by atoms with E-state index in [2.05, 4.69) is 73.2 Å². The highest BCUT2D eigenvalue weighted by Crippen LogP contribution is 2.43. The zero-order valence-corrected chi connectivity index (χ0v) is 48.1. The Balaban J connectivity index is 1.41. The molecule has 3 unspecified atom stereocenters. The summed E-state index contributed by atoms with van der Waals surface area (Å²) in [5.74, 6) is -4.77. The average Bonchev–Trinajstić information content (AvgIpc) is 3.89. The Morgan fingerprint density at radius 2 is 1.44 bits per heavy atom. The number of primary amides is 1. The molecule has 442 valence electrons. The number of rotatable bonds is 15. The van der Waals surface area contributed by atoms with E-state index >= 15 is 9.59 Å². The second-order valence-electron chi connectivity index (χ2n) is 22.7. The molecule has 4 aromatic rings. The maximum atomic E-state index is 15.3. The third kappa shape index (κ3) is 17.7. The molecule has 20 nitrogen and oxygen atoms in total. The Kier molecular flexibility index (Phi) is 23.2. The third-order valence-electron chi connectivity index (χ3n) is 16.5. The number of unbranched alkanes of at least 4 members (excludes halogenated alkanes) is 1. The van der Waals surface area contributed by atoms with Crippen molar-refractivity contribution >= 4 is 64.1 Å². The summed E-state index contributed by atoms with van der Waals surface area (Å²) in [7, 11) is 0. The summed E-state index contributed by atoms with van der Waals surface area (Å²) in [5.41, 5.74) is 17.5. The lowest BCUT2D eigenvalue weighted by molar-refractivity contribution is -0.138. The summed E-state index contributed by atoms with van der Waals surface area (Å²) in [6.07, 6.45) is 10.1. The lowest BCUT2D eigenvalue weighted by Gasteiger charge is -2.41. The van der Waals surface area contributed by atoms with Crippen LogP contribution in [0.15, 0.2) is 108 Å². The molecule has 3 aromatic carbocycles. The number of nitrogens with zero attached hydrogens (tertiary/aromatic N) is 1. The zero-order valence-electron chi connectivity index (χ0n) is 48.1. The standard InChI is InChI=1S/C62H86N12O8/c1-5-6-28-51(75)70-49-38-53(77)66-34-18-16-27-47(54(63)78)72-56(80)48(37-42-40-69-46-26-14-13-25-45(42)46)73-58(82)61(4,31-19-35-68-59(64)65)74-57(81)50(39-60(3)30-17-15-20-41(60)2)71-52(76)29-32-62(33-36-67-55(49)79,43-21-9-7-10-22-43)44-23-11-8-12-24-44/h7-15,17,21-26,40-41,47-50,69H,5-6,16,18-20,27-39H2,1-4H3,(H2,63,78)(H,66,77)(H,67,79)(H,70,75)(H,71,76)(H,72,80)(H,73,82)(H,74,81)(H4,64,65,68)/t41?,47?,48-,49-,50+,60?,61+/m0/s1. The van der Waals surface area contributed by atoms with Crippen LogP contribution in [0, 0.1) is 11.3 Å². The van der Waals surface area contributed by atoms with Gasteiger partial charge in [-0.2, -0.15) is 0 Å². The van der Waals surface area contributed by atoms with Gasteiger partial charge in [0.05, 0.1) is 6.42 Å². The fourth-order valence-electron chi connectivity index (χ4n) is 11.2. The number of aromatic nitrogens is 1. The van der Waals surface area contributed by atoms with Crippen molar-refractivity contribution in [2.75, 3.05) is 19.6 Å². The Bertz CT molecular complexity index is 2850. The number of allylic oxidation sites excluding steroid dienone is 2. The number of fused-ring (bicyclic) bond motifs is 1. The molecule has 2 heterocycles. The minimum atomic E-state index is -1.73. The number of hydrogen-bond acceptors (Lipinski definition) is 9. The van der Waals surface area contributed by atoms with Crippen molar-refractivity contribution in [3.63, 3.8) is 0 Å². The highest BCUT2D eigenvalue weighted by Gasteiger charge is 2.43. The van der Waals surface area contributed by atoms with Crippen LogP contribution < -0.4 is 54.4 Å². The molecule has 2 aliphatic rings. The molecular formula is C62H86N12O8. The van der Waals surface area contributed by atoms with Crippen LogP contribution >= 0.6 is 0 Å². The van der Waals surface area contributed by atoms with Gasteiger partial charge in [0.15, 0.2) is 5.96 Å². The van der Waals surface area contributed by atoms with Crippen LogP contribution in [0.3, 0.4) is 0 Å². The van der Waals surface area contributed by atoms with Gasteiger partial charge in [0.1, 0.15) is 29.7 Å². The number of nitrogens with two attached hydrogens (primary N) is 3. The summed E-state index contributed by atoms with van der Waals surface area (Å²) in [6, 6.07) is 22.0. The monoisotopic (exact) mass is 1130 g/mol. The van der Waals surface area contributed by atoms with Crippen LogP contribution in [0.1, 0.15) is 141 Å². The first kappa shape index (κ1) is 63.2. The molecule has 1 aromatic heterocycles. The van der Waals surface area contributed by atoms with Gasteiger partial charge in [-0.3, -0.25) is 43.3 Å². The van der Waals surface area contributed by atoms with E-state index in [0.29, 0.717) is 37.7 Å². The van der Waals surface area contributed by atoms with Gasteiger partial charge in [-0.25, -0.2) is 0 Å². The van der Waals surface area contributed by atoms with Gasteiger partial charge in [0, 0.05) is 61.4 Å². The molecule has 0 saturated carbocycles. The fourth-order valence-corrected chi connectivity index (χ4v) is 11.2. The number of carbonyl (C=O) groups is 8. The fraction of sp³-hybridized carbons (Fsp3) is 0.500. The van der Waals surface area contributed by atoms with E-state index in [1.165, 1.54) is 0 Å². The average molecular weight is 1130 g/mol. The lowest BCUT2D eigenvalue weighted by atomic mass is 9.67. The van der Waals surface area contributed by atoms with Gasteiger partial charge in [-0.15, -0.1) is 0 Å². The first-order valence-electron chi connectivity index (χ1n) is 29.0. The molecule has 20 heteroatoms. The third-order valence-corrected chi connectivity index (χ3v) is 16.5. The minimum Gasteiger partial charge on any atom is -0.370 e. The van der Waals surface area contributed by atoms with Crippen LogP contribution in [-0.2, 0) is 50.2 Å². The van der Waals surface area contributed by atoms with Gasteiger partial charge < -0.3 is 59.4 Å². The molecule has 1 aliphatic carbocycles. The molecule has 14 N–H and O–H groups in total. The number of nitrogens with one attached hydrogen (secondary N) is 8. The van der Waals surface area contributed by atoms with Gasteiger partial charge in [0.25, 0.3) is 0 Å². The van der Waals surface area contributed by atoms with E-state index in [1.54, 1.807) is 13.1 Å². The van der Waals surface area contributed by atoms with Gasteiger partial charge in [-0.05, 0) is 112 Å². The molecule has 7 atom stereocenters.